The predicted molar refractivity (Wildman–Crippen MR) is 78.2 cm³/mol. The Bertz CT molecular complexity index is 561. The van der Waals surface area contributed by atoms with E-state index in [2.05, 4.69) is 0 Å². The number of hydrogen-bond acceptors (Lipinski definition) is 8. The lowest BCUT2D eigenvalue weighted by Crippen LogP contribution is -2.55. The standard InChI is InChI=1S/C16H20O8/c1-21-12(17)10(13(18)22-2)11-8-5-6-9(7-8)16(11,14(19)23-3)15(20)24-4/h5-6,8-11H,7H2,1-4H3/t8-,9+,11?/m0/s1. The van der Waals surface area contributed by atoms with Gasteiger partial charge < -0.3 is 18.9 Å². The van der Waals surface area contributed by atoms with Crippen molar-refractivity contribution in [2.75, 3.05) is 28.4 Å². The minimum atomic E-state index is -1.78. The van der Waals surface area contributed by atoms with E-state index in [1.54, 1.807) is 12.2 Å². The van der Waals surface area contributed by atoms with Crippen molar-refractivity contribution in [3.63, 3.8) is 0 Å². The fraction of sp³-hybridized carbons (Fsp3) is 0.625. The minimum absolute atomic E-state index is 0.351. The highest BCUT2D eigenvalue weighted by atomic mass is 16.6. The van der Waals surface area contributed by atoms with Gasteiger partial charge in [0.1, 0.15) is 0 Å². The van der Waals surface area contributed by atoms with Crippen LogP contribution in [-0.4, -0.2) is 52.3 Å². The van der Waals surface area contributed by atoms with Crippen LogP contribution in [0.2, 0.25) is 0 Å². The Hall–Kier alpha value is -2.38. The number of allylic oxidation sites excluding steroid dienone is 2. The SMILES string of the molecule is COC(=O)C(C(=O)OC)C1[C@H]2C=C[C@H](C2)C1(C(=O)OC)C(=O)OC. The molecule has 2 aliphatic rings. The van der Waals surface area contributed by atoms with Crippen LogP contribution in [0.5, 0.6) is 0 Å². The van der Waals surface area contributed by atoms with Gasteiger partial charge in [-0.15, -0.1) is 0 Å². The normalized spacial score (nSPS) is 26.1. The molecule has 2 aliphatic carbocycles. The number of carbonyl (C=O) groups excluding carboxylic acids is 4. The zero-order valence-electron chi connectivity index (χ0n) is 13.9. The van der Waals surface area contributed by atoms with Crippen LogP contribution < -0.4 is 0 Å². The molecule has 24 heavy (non-hydrogen) atoms. The van der Waals surface area contributed by atoms with Crippen LogP contribution in [0, 0.1) is 29.1 Å². The molecule has 1 fully saturated rings. The lowest BCUT2D eigenvalue weighted by Gasteiger charge is -2.38. The van der Waals surface area contributed by atoms with Gasteiger partial charge in [-0.05, 0) is 12.3 Å². The monoisotopic (exact) mass is 340 g/mol. The minimum Gasteiger partial charge on any atom is -0.468 e. The molecule has 0 aromatic rings. The third-order valence-electron chi connectivity index (χ3n) is 5.00. The van der Waals surface area contributed by atoms with Crippen molar-refractivity contribution in [3.8, 4) is 0 Å². The summed E-state index contributed by atoms with van der Waals surface area (Å²) in [6.45, 7) is 0. The summed E-state index contributed by atoms with van der Waals surface area (Å²) in [4.78, 5) is 49.7. The average Bonchev–Trinajstić information content (AvgIpc) is 3.20. The second kappa shape index (κ2) is 6.62. The average molecular weight is 340 g/mol. The molecule has 0 spiro atoms. The molecule has 0 amide bonds. The van der Waals surface area contributed by atoms with Crippen molar-refractivity contribution in [2.45, 2.75) is 6.42 Å². The fourth-order valence-corrected chi connectivity index (χ4v) is 4.07. The highest BCUT2D eigenvalue weighted by Crippen LogP contribution is 2.60. The number of rotatable bonds is 5. The molecular formula is C16H20O8. The predicted octanol–water partition coefficient (Wildman–Crippen LogP) is 0.103. The Morgan fingerprint density at radius 3 is 1.79 bits per heavy atom. The van der Waals surface area contributed by atoms with E-state index in [1.807, 2.05) is 0 Å². The summed E-state index contributed by atoms with van der Waals surface area (Å²) in [6.07, 6.45) is 3.94. The molecule has 0 N–H and O–H groups in total. The van der Waals surface area contributed by atoms with E-state index in [4.69, 9.17) is 18.9 Å². The molecule has 8 nitrogen and oxygen atoms in total. The molecule has 0 aromatic heterocycles. The van der Waals surface area contributed by atoms with Gasteiger partial charge in [0.05, 0.1) is 28.4 Å². The molecule has 0 aromatic carbocycles. The molecule has 8 heteroatoms. The van der Waals surface area contributed by atoms with Crippen LogP contribution in [0.25, 0.3) is 0 Å². The van der Waals surface area contributed by atoms with E-state index in [0.29, 0.717) is 6.42 Å². The Balaban J connectivity index is 2.65. The number of fused-ring (bicyclic) bond motifs is 2. The summed E-state index contributed by atoms with van der Waals surface area (Å²) >= 11 is 0. The first-order valence-electron chi connectivity index (χ1n) is 7.40. The molecule has 0 heterocycles. The largest absolute Gasteiger partial charge is 0.468 e. The van der Waals surface area contributed by atoms with E-state index >= 15 is 0 Å². The van der Waals surface area contributed by atoms with Gasteiger partial charge in [-0.2, -0.15) is 0 Å². The van der Waals surface area contributed by atoms with Gasteiger partial charge >= 0.3 is 23.9 Å². The summed E-state index contributed by atoms with van der Waals surface area (Å²) in [5.74, 6) is -6.72. The smallest absolute Gasteiger partial charge is 0.324 e. The van der Waals surface area contributed by atoms with Gasteiger partial charge in [0.25, 0.3) is 0 Å². The molecule has 0 radical (unpaired) electrons. The van der Waals surface area contributed by atoms with Crippen molar-refractivity contribution in [3.05, 3.63) is 12.2 Å². The van der Waals surface area contributed by atoms with Gasteiger partial charge in [-0.3, -0.25) is 19.2 Å². The van der Waals surface area contributed by atoms with E-state index in [0.717, 1.165) is 28.4 Å². The maximum atomic E-state index is 12.6. The lowest BCUT2D eigenvalue weighted by molar-refractivity contribution is -0.181. The van der Waals surface area contributed by atoms with Crippen LogP contribution in [0.15, 0.2) is 12.2 Å². The van der Waals surface area contributed by atoms with Crippen molar-refractivity contribution < 1.29 is 38.1 Å². The number of hydrogen-bond donors (Lipinski definition) is 0. The molecule has 2 rings (SSSR count). The zero-order valence-corrected chi connectivity index (χ0v) is 13.9. The van der Waals surface area contributed by atoms with Gasteiger partial charge in [0.2, 0.25) is 0 Å². The number of ether oxygens (including phenoxy) is 4. The van der Waals surface area contributed by atoms with Crippen LogP contribution in [-0.2, 0) is 38.1 Å². The summed E-state index contributed by atoms with van der Waals surface area (Å²) < 4.78 is 19.1. The molecule has 2 bridgehead atoms. The first-order valence-corrected chi connectivity index (χ1v) is 7.40. The molecular weight excluding hydrogens is 320 g/mol. The van der Waals surface area contributed by atoms with Gasteiger partial charge in [0, 0.05) is 11.8 Å². The summed E-state index contributed by atoms with van der Waals surface area (Å²) in [5, 5.41) is 0. The van der Waals surface area contributed by atoms with Crippen molar-refractivity contribution in [1.82, 2.24) is 0 Å². The summed E-state index contributed by atoms with van der Waals surface area (Å²) in [5.41, 5.74) is -1.78. The van der Waals surface area contributed by atoms with E-state index < -0.39 is 47.0 Å². The molecule has 1 saturated carbocycles. The van der Waals surface area contributed by atoms with E-state index in [-0.39, 0.29) is 5.92 Å². The van der Waals surface area contributed by atoms with Gasteiger partial charge in [0.15, 0.2) is 11.3 Å². The maximum absolute atomic E-state index is 12.6. The molecule has 0 saturated heterocycles. The molecule has 3 atom stereocenters. The molecule has 132 valence electrons. The molecule has 1 unspecified atom stereocenters. The highest BCUT2D eigenvalue weighted by molar-refractivity contribution is 6.05. The number of esters is 4. The third kappa shape index (κ3) is 2.28. The quantitative estimate of drug-likeness (QED) is 0.300. The Morgan fingerprint density at radius 1 is 0.875 bits per heavy atom. The summed E-state index contributed by atoms with van der Waals surface area (Å²) in [7, 11) is 4.54. The van der Waals surface area contributed by atoms with E-state index in [1.165, 1.54) is 0 Å². The van der Waals surface area contributed by atoms with Gasteiger partial charge in [-0.1, -0.05) is 12.2 Å². The second-order valence-electron chi connectivity index (χ2n) is 5.79. The molecule has 0 aliphatic heterocycles. The van der Waals surface area contributed by atoms with Crippen LogP contribution in [0.1, 0.15) is 6.42 Å². The summed E-state index contributed by atoms with van der Waals surface area (Å²) in [6, 6.07) is 0. The van der Waals surface area contributed by atoms with Crippen LogP contribution >= 0.6 is 0 Å². The maximum Gasteiger partial charge on any atom is 0.324 e. The lowest BCUT2D eigenvalue weighted by atomic mass is 9.63. The first kappa shape index (κ1) is 18.0. The third-order valence-corrected chi connectivity index (χ3v) is 5.00. The zero-order chi connectivity index (χ0) is 18.1. The topological polar surface area (TPSA) is 105 Å². The van der Waals surface area contributed by atoms with Crippen molar-refractivity contribution in [2.24, 2.45) is 29.1 Å². The Labute approximate surface area is 139 Å². The Kier molecular flexibility index (Phi) is 4.96. The van der Waals surface area contributed by atoms with Crippen LogP contribution in [0.3, 0.4) is 0 Å². The number of methoxy groups -OCH3 is 4. The van der Waals surface area contributed by atoms with E-state index in [9.17, 15) is 19.2 Å². The fourth-order valence-electron chi connectivity index (χ4n) is 4.07. The van der Waals surface area contributed by atoms with Gasteiger partial charge in [-0.25, -0.2) is 0 Å². The Morgan fingerprint density at radius 2 is 1.38 bits per heavy atom. The first-order chi connectivity index (χ1) is 11.4. The number of carbonyl (C=O) groups is 4. The second-order valence-corrected chi connectivity index (χ2v) is 5.79. The van der Waals surface area contributed by atoms with Crippen LogP contribution in [0.4, 0.5) is 0 Å². The highest BCUT2D eigenvalue weighted by Gasteiger charge is 2.70. The van der Waals surface area contributed by atoms with Crippen molar-refractivity contribution in [1.29, 1.82) is 0 Å². The van der Waals surface area contributed by atoms with Crippen molar-refractivity contribution >= 4 is 23.9 Å².